The molecule has 1 aliphatic heterocycles. The highest BCUT2D eigenvalue weighted by Crippen LogP contribution is 2.23. The quantitative estimate of drug-likeness (QED) is 0.768. The van der Waals surface area contributed by atoms with E-state index in [0.29, 0.717) is 24.9 Å². The van der Waals surface area contributed by atoms with Crippen LogP contribution in [0, 0.1) is 28.5 Å². The van der Waals surface area contributed by atoms with E-state index >= 15 is 0 Å². The van der Waals surface area contributed by atoms with E-state index in [4.69, 9.17) is 5.26 Å². The van der Waals surface area contributed by atoms with Crippen molar-refractivity contribution in [2.75, 3.05) is 6.54 Å². The molecular formula is C23H21FN4O3. The van der Waals surface area contributed by atoms with Crippen LogP contribution in [0.2, 0.25) is 0 Å². The molecule has 31 heavy (non-hydrogen) atoms. The molecule has 2 atom stereocenters. The molecule has 158 valence electrons. The van der Waals surface area contributed by atoms with Gasteiger partial charge in [-0.2, -0.15) is 10.5 Å². The number of rotatable bonds is 5. The molecular weight excluding hydrogens is 399 g/mol. The number of likely N-dealkylation sites (tertiary alicyclic amines) is 1. The highest BCUT2D eigenvalue weighted by atomic mass is 19.1. The Bertz CT molecular complexity index is 1060. The van der Waals surface area contributed by atoms with Crippen LogP contribution in [-0.2, 0) is 11.2 Å². The maximum absolute atomic E-state index is 13.8. The van der Waals surface area contributed by atoms with E-state index in [1.54, 1.807) is 36.4 Å². The average Bonchev–Trinajstić information content (AvgIpc) is 2.79. The molecule has 7 nitrogen and oxygen atoms in total. The van der Waals surface area contributed by atoms with E-state index in [1.165, 1.54) is 12.1 Å². The topological polar surface area (TPSA) is 117 Å². The molecule has 2 N–H and O–H groups in total. The number of nitriles is 2. The molecule has 1 unspecified atom stereocenters. The van der Waals surface area contributed by atoms with Crippen LogP contribution in [0.1, 0.15) is 30.4 Å². The summed E-state index contributed by atoms with van der Waals surface area (Å²) in [5.41, 5.74) is 2.15. The largest absolute Gasteiger partial charge is 0.465 e. The van der Waals surface area contributed by atoms with Crippen molar-refractivity contribution in [2.24, 2.45) is 0 Å². The van der Waals surface area contributed by atoms with Crippen molar-refractivity contribution < 1.29 is 19.1 Å². The molecule has 2 aromatic carbocycles. The van der Waals surface area contributed by atoms with Crippen LogP contribution in [0.5, 0.6) is 0 Å². The van der Waals surface area contributed by atoms with E-state index in [-0.39, 0.29) is 12.0 Å². The fraction of sp³-hybridized carbons (Fsp3) is 0.304. The predicted octanol–water partition coefficient (Wildman–Crippen LogP) is 3.45. The Balaban J connectivity index is 1.66. The van der Waals surface area contributed by atoms with E-state index in [0.717, 1.165) is 22.4 Å². The minimum atomic E-state index is -1.14. The summed E-state index contributed by atoms with van der Waals surface area (Å²) >= 11 is 0. The van der Waals surface area contributed by atoms with Crippen molar-refractivity contribution in [3.8, 4) is 23.3 Å². The summed E-state index contributed by atoms with van der Waals surface area (Å²) in [6.45, 7) is 0.308. The van der Waals surface area contributed by atoms with Gasteiger partial charge in [-0.05, 0) is 48.1 Å². The number of hydrogen-bond acceptors (Lipinski definition) is 4. The maximum atomic E-state index is 13.8. The number of piperidine rings is 1. The summed E-state index contributed by atoms with van der Waals surface area (Å²) in [7, 11) is 0. The van der Waals surface area contributed by atoms with Crippen molar-refractivity contribution >= 4 is 12.0 Å². The zero-order valence-electron chi connectivity index (χ0n) is 16.7. The minimum absolute atomic E-state index is 0.0209. The van der Waals surface area contributed by atoms with Crippen LogP contribution < -0.4 is 5.32 Å². The maximum Gasteiger partial charge on any atom is 0.407 e. The number of carboxylic acid groups (broad SMARTS) is 1. The summed E-state index contributed by atoms with van der Waals surface area (Å²) in [6, 6.07) is 13.8. The summed E-state index contributed by atoms with van der Waals surface area (Å²) in [4.78, 5) is 25.1. The smallest absolute Gasteiger partial charge is 0.407 e. The lowest BCUT2D eigenvalue weighted by molar-refractivity contribution is -0.127. The molecule has 1 aliphatic rings. The molecule has 0 aliphatic carbocycles. The third kappa shape index (κ3) is 5.18. The molecule has 0 aromatic heterocycles. The van der Waals surface area contributed by atoms with Crippen molar-refractivity contribution in [3.05, 3.63) is 59.4 Å². The van der Waals surface area contributed by atoms with Gasteiger partial charge in [0.1, 0.15) is 24.0 Å². The highest BCUT2D eigenvalue weighted by Gasteiger charge is 2.32. The average molecular weight is 420 g/mol. The van der Waals surface area contributed by atoms with Gasteiger partial charge < -0.3 is 10.4 Å². The number of halogens is 1. The first kappa shape index (κ1) is 21.8. The molecule has 1 heterocycles. The number of nitrogens with one attached hydrogen (secondary N) is 1. The Kier molecular flexibility index (Phi) is 6.84. The number of hydrogen-bond donors (Lipinski definition) is 2. The number of carbonyl (C=O) groups is 2. The Morgan fingerprint density at radius 3 is 2.48 bits per heavy atom. The molecule has 0 radical (unpaired) electrons. The Hall–Kier alpha value is -3.91. The lowest BCUT2D eigenvalue weighted by Crippen LogP contribution is -2.53. The van der Waals surface area contributed by atoms with Crippen molar-refractivity contribution in [3.63, 3.8) is 0 Å². The molecule has 1 fully saturated rings. The molecule has 2 aromatic rings. The van der Waals surface area contributed by atoms with Crippen LogP contribution in [-0.4, -0.2) is 40.6 Å². The van der Waals surface area contributed by atoms with Crippen molar-refractivity contribution in [1.29, 1.82) is 10.5 Å². The highest BCUT2D eigenvalue weighted by molar-refractivity contribution is 5.86. The lowest BCUT2D eigenvalue weighted by Gasteiger charge is -2.32. The van der Waals surface area contributed by atoms with Gasteiger partial charge in [0, 0.05) is 13.0 Å². The van der Waals surface area contributed by atoms with Crippen LogP contribution in [0.25, 0.3) is 11.1 Å². The first-order valence-corrected chi connectivity index (χ1v) is 9.91. The third-order valence-electron chi connectivity index (χ3n) is 5.34. The van der Waals surface area contributed by atoms with E-state index in [9.17, 15) is 24.3 Å². The van der Waals surface area contributed by atoms with Gasteiger partial charge >= 0.3 is 6.09 Å². The summed E-state index contributed by atoms with van der Waals surface area (Å²) in [5.74, 6) is -1.05. The summed E-state index contributed by atoms with van der Waals surface area (Å²) < 4.78 is 13.8. The van der Waals surface area contributed by atoms with Gasteiger partial charge in [-0.3, -0.25) is 9.69 Å². The van der Waals surface area contributed by atoms with E-state index < -0.39 is 29.9 Å². The standard InChI is InChI=1S/C23H21FN4O3/c24-20-12-17(8-9-18(20)13-25)16-6-4-15(5-7-16)11-19(14-26)27-22(29)21-3-1-2-10-28(21)23(30)31/h4-9,12,19,21H,1-3,10-11H2,(H,27,29)(H,30,31)/t19-,21?/m0/s1. The summed E-state index contributed by atoms with van der Waals surface area (Å²) in [5, 5.41) is 30.2. The summed E-state index contributed by atoms with van der Waals surface area (Å²) in [6.07, 6.45) is 1.03. The fourth-order valence-corrected chi connectivity index (χ4v) is 3.68. The van der Waals surface area contributed by atoms with Gasteiger partial charge in [-0.1, -0.05) is 30.3 Å². The zero-order chi connectivity index (χ0) is 22.4. The lowest BCUT2D eigenvalue weighted by atomic mass is 9.99. The number of amides is 2. The molecule has 0 saturated carbocycles. The van der Waals surface area contributed by atoms with E-state index in [1.807, 2.05) is 0 Å². The molecule has 2 amide bonds. The Morgan fingerprint density at radius 1 is 1.16 bits per heavy atom. The van der Waals surface area contributed by atoms with Gasteiger partial charge in [-0.25, -0.2) is 9.18 Å². The SMILES string of the molecule is N#Cc1ccc(-c2ccc(C[C@@H](C#N)NC(=O)C3CCCCN3C(=O)O)cc2)cc1F. The first-order chi connectivity index (χ1) is 14.9. The van der Waals surface area contributed by atoms with Crippen molar-refractivity contribution in [2.45, 2.75) is 37.8 Å². The van der Waals surface area contributed by atoms with Gasteiger partial charge in [0.25, 0.3) is 0 Å². The molecule has 8 heteroatoms. The predicted molar refractivity (Wildman–Crippen MR) is 110 cm³/mol. The Morgan fingerprint density at radius 2 is 1.87 bits per heavy atom. The van der Waals surface area contributed by atoms with Gasteiger partial charge in [0.2, 0.25) is 5.91 Å². The monoisotopic (exact) mass is 420 g/mol. The van der Waals surface area contributed by atoms with Crippen molar-refractivity contribution in [1.82, 2.24) is 10.2 Å². The molecule has 0 spiro atoms. The van der Waals surface area contributed by atoms with E-state index in [2.05, 4.69) is 11.4 Å². The normalized spacial score (nSPS) is 16.6. The number of benzene rings is 2. The number of carbonyl (C=O) groups excluding carboxylic acids is 1. The van der Waals surface area contributed by atoms with Crippen LogP contribution >= 0.6 is 0 Å². The zero-order valence-corrected chi connectivity index (χ0v) is 16.7. The van der Waals surface area contributed by atoms with Crippen LogP contribution in [0.15, 0.2) is 42.5 Å². The third-order valence-corrected chi connectivity index (χ3v) is 5.34. The second-order valence-electron chi connectivity index (χ2n) is 7.39. The van der Waals surface area contributed by atoms with Gasteiger partial charge in [0.15, 0.2) is 0 Å². The molecule has 1 saturated heterocycles. The minimum Gasteiger partial charge on any atom is -0.465 e. The van der Waals surface area contributed by atoms with Crippen LogP contribution in [0.3, 0.4) is 0 Å². The van der Waals surface area contributed by atoms with Crippen LogP contribution in [0.4, 0.5) is 9.18 Å². The second kappa shape index (κ2) is 9.73. The first-order valence-electron chi connectivity index (χ1n) is 9.91. The second-order valence-corrected chi connectivity index (χ2v) is 7.39. The fourth-order valence-electron chi connectivity index (χ4n) is 3.68. The number of nitrogens with zero attached hydrogens (tertiary/aromatic N) is 3. The van der Waals surface area contributed by atoms with Gasteiger partial charge in [0.05, 0.1) is 11.6 Å². The molecule has 0 bridgehead atoms. The van der Waals surface area contributed by atoms with Gasteiger partial charge in [-0.15, -0.1) is 0 Å². The molecule has 3 rings (SSSR count). The Labute approximate surface area is 179 Å².